The number of nitrogens with one attached hydrogen (secondary N) is 1. The van der Waals surface area contributed by atoms with E-state index in [0.29, 0.717) is 5.56 Å². The van der Waals surface area contributed by atoms with Crippen LogP contribution < -0.4 is 5.32 Å². The smallest absolute Gasteiger partial charge is 0.359 e. The Balaban J connectivity index is 2.13. The first-order chi connectivity index (χ1) is 12.9. The van der Waals surface area contributed by atoms with Crippen molar-refractivity contribution in [2.45, 2.75) is 6.92 Å². The average molecular weight is 393 g/mol. The van der Waals surface area contributed by atoms with Crippen molar-refractivity contribution < 1.29 is 33.4 Å². The van der Waals surface area contributed by atoms with Gasteiger partial charge < -0.3 is 19.5 Å². The Kier molecular flexibility index (Phi) is 6.55. The van der Waals surface area contributed by atoms with Crippen LogP contribution in [0, 0.1) is 6.92 Å². The van der Waals surface area contributed by atoms with E-state index in [1.54, 1.807) is 0 Å². The summed E-state index contributed by atoms with van der Waals surface area (Å²) in [7, 11) is 2.37. The highest BCUT2D eigenvalue weighted by molar-refractivity contribution is 7.18. The Morgan fingerprint density at radius 1 is 1.07 bits per heavy atom. The standard InChI is InChI=1S/C16H15N3O7S/c1-8-11(15(22)24-2)13(27-12(8)16(23)25-3)19-10(20)7-26-14(21)9-6-17-4-5-18-9/h4-6H,7H2,1-3H3,(H,19,20). The summed E-state index contributed by atoms with van der Waals surface area (Å²) < 4.78 is 14.2. The first-order valence-corrected chi connectivity index (χ1v) is 8.23. The van der Waals surface area contributed by atoms with Crippen LogP contribution in [0.25, 0.3) is 0 Å². The minimum absolute atomic E-state index is 0.0245. The predicted molar refractivity (Wildman–Crippen MR) is 92.7 cm³/mol. The Morgan fingerprint density at radius 3 is 2.37 bits per heavy atom. The fraction of sp³-hybridized carbons (Fsp3) is 0.250. The number of aromatic nitrogens is 2. The molecule has 11 heteroatoms. The summed E-state index contributed by atoms with van der Waals surface area (Å²) in [6.45, 7) is 0.902. The van der Waals surface area contributed by atoms with Crippen molar-refractivity contribution in [3.63, 3.8) is 0 Å². The van der Waals surface area contributed by atoms with E-state index < -0.39 is 30.4 Å². The number of carbonyl (C=O) groups excluding carboxylic acids is 4. The van der Waals surface area contributed by atoms with E-state index in [0.717, 1.165) is 11.3 Å². The number of amides is 1. The quantitative estimate of drug-likeness (QED) is 0.568. The topological polar surface area (TPSA) is 134 Å². The summed E-state index contributed by atoms with van der Waals surface area (Å²) in [5.74, 6) is -2.93. The van der Waals surface area contributed by atoms with E-state index in [1.807, 2.05) is 0 Å². The molecule has 2 aromatic heterocycles. The SMILES string of the molecule is COC(=O)c1sc(NC(=O)COC(=O)c2cnccn2)c(C(=O)OC)c1C. The summed E-state index contributed by atoms with van der Waals surface area (Å²) in [4.78, 5) is 55.3. The second-order valence-electron chi connectivity index (χ2n) is 4.96. The summed E-state index contributed by atoms with van der Waals surface area (Å²) in [6, 6.07) is 0. The highest BCUT2D eigenvalue weighted by atomic mass is 32.1. The number of hydrogen-bond donors (Lipinski definition) is 1. The molecule has 2 rings (SSSR count). The Labute approximate surface area is 157 Å². The van der Waals surface area contributed by atoms with Gasteiger partial charge in [-0.2, -0.15) is 0 Å². The lowest BCUT2D eigenvalue weighted by Crippen LogP contribution is -2.22. The first kappa shape index (κ1) is 20.0. The molecule has 0 aliphatic heterocycles. The normalized spacial score (nSPS) is 10.0. The monoisotopic (exact) mass is 393 g/mol. The van der Waals surface area contributed by atoms with Gasteiger partial charge in [0.2, 0.25) is 0 Å². The van der Waals surface area contributed by atoms with Gasteiger partial charge in [-0.05, 0) is 12.5 Å². The van der Waals surface area contributed by atoms with Gasteiger partial charge >= 0.3 is 17.9 Å². The molecule has 0 atom stereocenters. The van der Waals surface area contributed by atoms with Crippen LogP contribution in [0.3, 0.4) is 0 Å². The second kappa shape index (κ2) is 8.85. The van der Waals surface area contributed by atoms with E-state index in [4.69, 9.17) is 4.74 Å². The van der Waals surface area contributed by atoms with Crippen LogP contribution in [0.5, 0.6) is 0 Å². The number of carbonyl (C=O) groups is 4. The molecule has 0 spiro atoms. The van der Waals surface area contributed by atoms with Crippen molar-refractivity contribution >= 4 is 40.2 Å². The van der Waals surface area contributed by atoms with E-state index in [9.17, 15) is 19.2 Å². The number of thiophene rings is 1. The van der Waals surface area contributed by atoms with Crippen molar-refractivity contribution in [3.05, 3.63) is 40.3 Å². The zero-order valence-corrected chi connectivity index (χ0v) is 15.4. The third kappa shape index (κ3) is 4.64. The molecule has 0 radical (unpaired) electrons. The Morgan fingerprint density at radius 2 is 1.78 bits per heavy atom. The number of hydrogen-bond acceptors (Lipinski definition) is 10. The second-order valence-corrected chi connectivity index (χ2v) is 5.98. The maximum Gasteiger partial charge on any atom is 0.359 e. The van der Waals surface area contributed by atoms with Crippen LogP contribution in [0.15, 0.2) is 18.6 Å². The van der Waals surface area contributed by atoms with Gasteiger partial charge in [-0.1, -0.05) is 0 Å². The third-order valence-corrected chi connectivity index (χ3v) is 4.45. The van der Waals surface area contributed by atoms with Gasteiger partial charge in [-0.25, -0.2) is 19.4 Å². The lowest BCUT2D eigenvalue weighted by Gasteiger charge is -2.06. The molecule has 0 aliphatic carbocycles. The number of esters is 3. The molecule has 0 aromatic carbocycles. The van der Waals surface area contributed by atoms with Crippen LogP contribution in [-0.2, 0) is 19.0 Å². The Bertz CT molecular complexity index is 880. The van der Waals surface area contributed by atoms with E-state index in [2.05, 4.69) is 24.8 Å². The number of nitrogens with zero attached hydrogens (tertiary/aromatic N) is 2. The number of anilines is 1. The lowest BCUT2D eigenvalue weighted by atomic mass is 10.1. The van der Waals surface area contributed by atoms with Gasteiger partial charge in [0.1, 0.15) is 9.88 Å². The van der Waals surface area contributed by atoms with Gasteiger partial charge in [0.25, 0.3) is 5.91 Å². The van der Waals surface area contributed by atoms with Crippen molar-refractivity contribution in [2.24, 2.45) is 0 Å². The summed E-state index contributed by atoms with van der Waals surface area (Å²) >= 11 is 0.851. The molecule has 0 saturated carbocycles. The minimum Gasteiger partial charge on any atom is -0.465 e. The van der Waals surface area contributed by atoms with Crippen molar-refractivity contribution in [3.8, 4) is 0 Å². The van der Waals surface area contributed by atoms with Crippen LogP contribution in [0.4, 0.5) is 5.00 Å². The number of ether oxygens (including phenoxy) is 3. The zero-order chi connectivity index (χ0) is 20.0. The van der Waals surface area contributed by atoms with Crippen molar-refractivity contribution in [2.75, 3.05) is 26.1 Å². The minimum atomic E-state index is -0.830. The van der Waals surface area contributed by atoms with Crippen LogP contribution in [0.1, 0.15) is 36.1 Å². The molecular weight excluding hydrogens is 378 g/mol. The van der Waals surface area contributed by atoms with Crippen molar-refractivity contribution in [1.29, 1.82) is 0 Å². The molecule has 2 aromatic rings. The average Bonchev–Trinajstić information content (AvgIpc) is 3.01. The van der Waals surface area contributed by atoms with Crippen LogP contribution in [-0.4, -0.2) is 54.6 Å². The molecule has 0 unspecified atom stereocenters. The molecule has 10 nitrogen and oxygen atoms in total. The van der Waals surface area contributed by atoms with Gasteiger partial charge in [-0.3, -0.25) is 9.78 Å². The summed E-state index contributed by atoms with van der Waals surface area (Å²) in [5, 5.41) is 2.51. The lowest BCUT2D eigenvalue weighted by molar-refractivity contribution is -0.119. The molecule has 0 aliphatic rings. The van der Waals surface area contributed by atoms with Gasteiger partial charge in [0.15, 0.2) is 12.3 Å². The fourth-order valence-corrected chi connectivity index (χ4v) is 3.14. The molecule has 1 N–H and O–H groups in total. The highest BCUT2D eigenvalue weighted by Gasteiger charge is 2.27. The zero-order valence-electron chi connectivity index (χ0n) is 14.6. The van der Waals surface area contributed by atoms with Gasteiger partial charge in [0, 0.05) is 12.4 Å². The fourth-order valence-electron chi connectivity index (χ4n) is 2.01. The summed E-state index contributed by atoms with van der Waals surface area (Å²) in [6.07, 6.45) is 3.89. The predicted octanol–water partition coefficient (Wildman–Crippen LogP) is 1.22. The number of methoxy groups -OCH3 is 2. The summed E-state index contributed by atoms with van der Waals surface area (Å²) in [5.41, 5.74) is 0.280. The molecular formula is C16H15N3O7S. The van der Waals surface area contributed by atoms with E-state index in [1.165, 1.54) is 39.7 Å². The molecule has 27 heavy (non-hydrogen) atoms. The third-order valence-electron chi connectivity index (χ3n) is 3.27. The molecule has 0 bridgehead atoms. The highest BCUT2D eigenvalue weighted by Crippen LogP contribution is 2.34. The van der Waals surface area contributed by atoms with E-state index >= 15 is 0 Å². The molecule has 0 saturated heterocycles. The molecule has 2 heterocycles. The Hall–Kier alpha value is -3.34. The maximum atomic E-state index is 12.1. The maximum absolute atomic E-state index is 12.1. The largest absolute Gasteiger partial charge is 0.465 e. The molecule has 142 valence electrons. The van der Waals surface area contributed by atoms with Crippen LogP contribution in [0.2, 0.25) is 0 Å². The van der Waals surface area contributed by atoms with Crippen LogP contribution >= 0.6 is 11.3 Å². The molecule has 0 fully saturated rings. The molecule has 1 amide bonds. The number of rotatable bonds is 6. The van der Waals surface area contributed by atoms with Gasteiger partial charge in [0.05, 0.1) is 26.0 Å². The van der Waals surface area contributed by atoms with Crippen molar-refractivity contribution in [1.82, 2.24) is 9.97 Å². The first-order valence-electron chi connectivity index (χ1n) is 7.42. The van der Waals surface area contributed by atoms with E-state index in [-0.39, 0.29) is 21.1 Å². The van der Waals surface area contributed by atoms with Gasteiger partial charge in [-0.15, -0.1) is 11.3 Å².